The quantitative estimate of drug-likeness (QED) is 0.835. The molecule has 0 amide bonds. The molecular formula is C10H11F3N2O4. The van der Waals surface area contributed by atoms with Crippen LogP contribution in [0.3, 0.4) is 0 Å². The van der Waals surface area contributed by atoms with Gasteiger partial charge in [0.15, 0.2) is 11.4 Å². The highest BCUT2D eigenvalue weighted by atomic mass is 19.4. The van der Waals surface area contributed by atoms with Crippen LogP contribution in [-0.2, 0) is 11.3 Å². The second-order valence-corrected chi connectivity index (χ2v) is 3.23. The molecule has 0 spiro atoms. The van der Waals surface area contributed by atoms with Gasteiger partial charge in [0, 0.05) is 6.54 Å². The lowest BCUT2D eigenvalue weighted by Gasteiger charge is -2.16. The molecule has 0 fully saturated rings. The van der Waals surface area contributed by atoms with Crippen LogP contribution >= 0.6 is 0 Å². The minimum absolute atomic E-state index is 0.0191. The van der Waals surface area contributed by atoms with Gasteiger partial charge in [0.1, 0.15) is 5.75 Å². The summed E-state index contributed by atoms with van der Waals surface area (Å²) in [6.45, 7) is -0.332. The van der Waals surface area contributed by atoms with Crippen LogP contribution in [0.5, 0.6) is 11.5 Å². The predicted molar refractivity (Wildman–Crippen MR) is 56.7 cm³/mol. The highest BCUT2D eigenvalue weighted by Crippen LogP contribution is 2.34. The number of nitrogens with zero attached hydrogens (tertiary/aromatic N) is 1. The van der Waals surface area contributed by atoms with Gasteiger partial charge >= 0.3 is 12.3 Å². The first kappa shape index (κ1) is 15.0. The van der Waals surface area contributed by atoms with Gasteiger partial charge in [0.25, 0.3) is 0 Å². The van der Waals surface area contributed by atoms with Crippen molar-refractivity contribution in [3.05, 3.63) is 17.5 Å². The van der Waals surface area contributed by atoms with Gasteiger partial charge in [-0.25, -0.2) is 9.78 Å². The number of aromatic nitrogens is 1. The standard InChI is InChI=1S/C10H11F3N2O4/c1-17-6-4-15-7(9(16)18-2)8(5(6)3-14)19-10(11,12)13/h4H,3,14H2,1-2H3. The maximum absolute atomic E-state index is 12.4. The number of carbonyl (C=O) groups is 1. The maximum Gasteiger partial charge on any atom is 0.573 e. The summed E-state index contributed by atoms with van der Waals surface area (Å²) in [5, 5.41) is 0. The molecule has 1 rings (SSSR count). The van der Waals surface area contributed by atoms with Crippen LogP contribution in [0.2, 0.25) is 0 Å². The van der Waals surface area contributed by atoms with Crippen molar-refractivity contribution in [2.24, 2.45) is 5.73 Å². The summed E-state index contributed by atoms with van der Waals surface area (Å²) in [6.07, 6.45) is -3.93. The summed E-state index contributed by atoms with van der Waals surface area (Å²) in [5.74, 6) is -1.91. The largest absolute Gasteiger partial charge is 0.573 e. The molecule has 0 radical (unpaired) electrons. The molecule has 1 aromatic heterocycles. The van der Waals surface area contributed by atoms with Gasteiger partial charge < -0.3 is 19.9 Å². The molecule has 0 aliphatic heterocycles. The zero-order valence-electron chi connectivity index (χ0n) is 10.1. The average Bonchev–Trinajstić information content (AvgIpc) is 2.35. The summed E-state index contributed by atoms with van der Waals surface area (Å²) >= 11 is 0. The van der Waals surface area contributed by atoms with E-state index in [-0.39, 0.29) is 17.9 Å². The number of carbonyl (C=O) groups excluding carboxylic acids is 1. The van der Waals surface area contributed by atoms with E-state index >= 15 is 0 Å². The first-order chi connectivity index (χ1) is 8.84. The van der Waals surface area contributed by atoms with E-state index in [9.17, 15) is 18.0 Å². The van der Waals surface area contributed by atoms with Crippen LogP contribution in [0.4, 0.5) is 13.2 Å². The third-order valence-electron chi connectivity index (χ3n) is 2.12. The van der Waals surface area contributed by atoms with Crippen molar-refractivity contribution < 1.29 is 32.2 Å². The van der Waals surface area contributed by atoms with Crippen molar-refractivity contribution in [1.82, 2.24) is 4.98 Å². The Morgan fingerprint density at radius 2 is 2.05 bits per heavy atom. The number of rotatable bonds is 4. The van der Waals surface area contributed by atoms with Crippen molar-refractivity contribution in [1.29, 1.82) is 0 Å². The zero-order valence-corrected chi connectivity index (χ0v) is 10.1. The Kier molecular flexibility index (Phi) is 4.54. The number of hydrogen-bond donors (Lipinski definition) is 1. The van der Waals surface area contributed by atoms with Crippen molar-refractivity contribution in [3.8, 4) is 11.5 Å². The van der Waals surface area contributed by atoms with E-state index in [1.807, 2.05) is 0 Å². The molecule has 0 aliphatic rings. The lowest BCUT2D eigenvalue weighted by molar-refractivity contribution is -0.275. The van der Waals surface area contributed by atoms with E-state index in [4.69, 9.17) is 10.5 Å². The Balaban J connectivity index is 3.44. The number of pyridine rings is 1. The van der Waals surface area contributed by atoms with Crippen LogP contribution in [0, 0.1) is 0 Å². The molecule has 1 aromatic rings. The van der Waals surface area contributed by atoms with Crippen LogP contribution in [0.15, 0.2) is 6.20 Å². The second-order valence-electron chi connectivity index (χ2n) is 3.23. The lowest BCUT2D eigenvalue weighted by atomic mass is 10.1. The number of hydrogen-bond acceptors (Lipinski definition) is 6. The van der Waals surface area contributed by atoms with Crippen LogP contribution in [0.25, 0.3) is 0 Å². The Hall–Kier alpha value is -2.03. The van der Waals surface area contributed by atoms with E-state index in [0.29, 0.717) is 0 Å². The fraction of sp³-hybridized carbons (Fsp3) is 0.400. The topological polar surface area (TPSA) is 83.7 Å². The summed E-state index contributed by atoms with van der Waals surface area (Å²) in [5.41, 5.74) is 4.60. The molecule has 0 unspecified atom stereocenters. The van der Waals surface area contributed by atoms with Crippen molar-refractivity contribution >= 4 is 5.97 Å². The average molecular weight is 280 g/mol. The first-order valence-electron chi connectivity index (χ1n) is 4.94. The molecule has 0 saturated carbocycles. The van der Waals surface area contributed by atoms with E-state index in [1.54, 1.807) is 0 Å². The Labute approximate surface area is 106 Å². The summed E-state index contributed by atoms with van der Waals surface area (Å²) < 4.78 is 50.0. The van der Waals surface area contributed by atoms with Crippen LogP contribution in [0.1, 0.15) is 16.1 Å². The Morgan fingerprint density at radius 3 is 2.47 bits per heavy atom. The summed E-state index contributed by atoms with van der Waals surface area (Å²) in [6, 6.07) is 0. The molecule has 0 saturated heterocycles. The molecular weight excluding hydrogens is 269 g/mol. The maximum atomic E-state index is 12.4. The highest BCUT2D eigenvalue weighted by Gasteiger charge is 2.36. The molecule has 0 aliphatic carbocycles. The highest BCUT2D eigenvalue weighted by molar-refractivity contribution is 5.91. The zero-order chi connectivity index (χ0) is 14.6. The number of ether oxygens (including phenoxy) is 3. The van der Waals surface area contributed by atoms with Crippen LogP contribution < -0.4 is 15.2 Å². The smallest absolute Gasteiger partial charge is 0.495 e. The third kappa shape index (κ3) is 3.47. The molecule has 9 heteroatoms. The fourth-order valence-corrected chi connectivity index (χ4v) is 1.35. The summed E-state index contributed by atoms with van der Waals surface area (Å²) in [7, 11) is 2.24. The van der Waals surface area contributed by atoms with Crippen molar-refractivity contribution in [2.45, 2.75) is 12.9 Å². The third-order valence-corrected chi connectivity index (χ3v) is 2.12. The predicted octanol–water partition coefficient (Wildman–Crippen LogP) is 1.23. The van der Waals surface area contributed by atoms with Gasteiger partial charge in [-0.2, -0.15) is 0 Å². The molecule has 0 bridgehead atoms. The Bertz CT molecular complexity index is 477. The monoisotopic (exact) mass is 280 g/mol. The minimum Gasteiger partial charge on any atom is -0.495 e. The van der Waals surface area contributed by atoms with E-state index in [1.165, 1.54) is 7.11 Å². The lowest BCUT2D eigenvalue weighted by Crippen LogP contribution is -2.22. The molecule has 2 N–H and O–H groups in total. The molecule has 0 atom stereocenters. The molecule has 19 heavy (non-hydrogen) atoms. The van der Waals surface area contributed by atoms with Gasteiger partial charge in [-0.3, -0.25) is 0 Å². The number of methoxy groups -OCH3 is 2. The summed E-state index contributed by atoms with van der Waals surface area (Å²) in [4.78, 5) is 14.9. The van der Waals surface area contributed by atoms with Crippen LogP contribution in [-0.4, -0.2) is 31.5 Å². The van der Waals surface area contributed by atoms with Gasteiger partial charge in [-0.05, 0) is 0 Å². The normalized spacial score (nSPS) is 11.1. The van der Waals surface area contributed by atoms with E-state index < -0.39 is 23.8 Å². The number of esters is 1. The minimum atomic E-state index is -5.00. The van der Waals surface area contributed by atoms with Gasteiger partial charge in [0.05, 0.1) is 26.0 Å². The SMILES string of the molecule is COC(=O)c1ncc(OC)c(CN)c1OC(F)(F)F. The molecule has 106 valence electrons. The Morgan fingerprint density at radius 1 is 1.42 bits per heavy atom. The van der Waals surface area contributed by atoms with Gasteiger partial charge in [-0.15, -0.1) is 13.2 Å². The molecule has 0 aromatic carbocycles. The number of halogens is 3. The van der Waals surface area contributed by atoms with Crippen molar-refractivity contribution in [3.63, 3.8) is 0 Å². The van der Waals surface area contributed by atoms with E-state index in [2.05, 4.69) is 14.5 Å². The van der Waals surface area contributed by atoms with Crippen molar-refractivity contribution in [2.75, 3.05) is 14.2 Å². The number of alkyl halides is 3. The van der Waals surface area contributed by atoms with Gasteiger partial charge in [-0.1, -0.05) is 0 Å². The second kappa shape index (κ2) is 5.74. The number of nitrogens with two attached hydrogens (primary N) is 1. The fourth-order valence-electron chi connectivity index (χ4n) is 1.35. The molecule has 6 nitrogen and oxygen atoms in total. The first-order valence-corrected chi connectivity index (χ1v) is 4.94. The van der Waals surface area contributed by atoms with Gasteiger partial charge in [0.2, 0.25) is 0 Å². The van der Waals surface area contributed by atoms with E-state index in [0.717, 1.165) is 13.3 Å². The molecule has 1 heterocycles.